The van der Waals surface area contributed by atoms with E-state index >= 15 is 0 Å². The molecule has 4 nitrogen and oxygen atoms in total. The molecule has 8 heteroatoms. The van der Waals surface area contributed by atoms with Crippen molar-refractivity contribution < 1.29 is 0 Å². The van der Waals surface area contributed by atoms with Crippen LogP contribution in [0.15, 0.2) is 40.8 Å². The molecule has 0 radical (unpaired) electrons. The first-order chi connectivity index (χ1) is 10.2. The number of rotatable bonds is 3. The lowest BCUT2D eigenvalue weighted by Crippen LogP contribution is -1.94. The van der Waals surface area contributed by atoms with Crippen LogP contribution < -0.4 is 0 Å². The third kappa shape index (κ3) is 2.94. The molecule has 1 N–H and O–H groups in total. The number of hydrogen-bond acceptors (Lipinski definition) is 4. The van der Waals surface area contributed by atoms with Gasteiger partial charge in [0.05, 0.1) is 21.1 Å². The third-order valence-electron chi connectivity index (χ3n) is 2.69. The van der Waals surface area contributed by atoms with Gasteiger partial charge in [0.25, 0.3) is 0 Å². The molecule has 3 rings (SSSR count). The quantitative estimate of drug-likeness (QED) is 0.539. The Kier molecular flexibility index (Phi) is 4.21. The summed E-state index contributed by atoms with van der Waals surface area (Å²) in [7, 11) is 0. The van der Waals surface area contributed by atoms with E-state index in [9.17, 15) is 0 Å². The van der Waals surface area contributed by atoms with E-state index in [4.69, 9.17) is 35.4 Å². The van der Waals surface area contributed by atoms with Gasteiger partial charge in [-0.05, 0) is 35.8 Å². The summed E-state index contributed by atoms with van der Waals surface area (Å²) in [5, 5.41) is 14.3. The summed E-state index contributed by atoms with van der Waals surface area (Å²) in [6, 6.07) is 9.18. The lowest BCUT2D eigenvalue weighted by Gasteiger charge is -2.01. The maximum absolute atomic E-state index is 6.12. The van der Waals surface area contributed by atoms with Crippen LogP contribution in [0.1, 0.15) is 5.56 Å². The van der Waals surface area contributed by atoms with Crippen LogP contribution in [0.25, 0.3) is 10.7 Å². The number of aromatic amines is 1. The van der Waals surface area contributed by atoms with Crippen molar-refractivity contribution in [1.82, 2.24) is 14.9 Å². The van der Waals surface area contributed by atoms with Crippen LogP contribution in [-0.4, -0.2) is 21.1 Å². The first-order valence-electron chi connectivity index (χ1n) is 5.86. The Morgan fingerprint density at radius 1 is 1.24 bits per heavy atom. The summed E-state index contributed by atoms with van der Waals surface area (Å²) in [5.74, 6) is 0.648. The first-order valence-corrected chi connectivity index (χ1v) is 7.91. The average Bonchev–Trinajstić information content (AvgIpc) is 3.08. The van der Waals surface area contributed by atoms with Crippen molar-refractivity contribution >= 4 is 53.0 Å². The molecule has 0 saturated heterocycles. The molecule has 1 aromatic carbocycles. The Bertz CT molecular complexity index is 829. The van der Waals surface area contributed by atoms with Gasteiger partial charge in [0, 0.05) is 5.56 Å². The standard InChI is InChI=1S/C13H8Cl2N4S2/c14-9-3-1-4-10(15)8(9)7-16-19-12(17-18-13(19)20)11-5-2-6-21-11/h1-7H,(H,18,20)/b16-7+. The summed E-state index contributed by atoms with van der Waals surface area (Å²) in [6.45, 7) is 0. The van der Waals surface area contributed by atoms with Crippen molar-refractivity contribution in [2.75, 3.05) is 0 Å². The molecule has 0 unspecified atom stereocenters. The van der Waals surface area contributed by atoms with Crippen molar-refractivity contribution in [1.29, 1.82) is 0 Å². The molecule has 3 aromatic rings. The van der Waals surface area contributed by atoms with Gasteiger partial charge >= 0.3 is 0 Å². The van der Waals surface area contributed by atoms with Crippen LogP contribution in [0.2, 0.25) is 10.0 Å². The molecule has 0 bridgehead atoms. The highest BCUT2D eigenvalue weighted by Gasteiger charge is 2.09. The highest BCUT2D eigenvalue weighted by molar-refractivity contribution is 7.71. The Balaban J connectivity index is 2.05. The normalized spacial score (nSPS) is 11.3. The monoisotopic (exact) mass is 354 g/mol. The van der Waals surface area contributed by atoms with Gasteiger partial charge in [0.2, 0.25) is 4.77 Å². The number of halogens is 2. The van der Waals surface area contributed by atoms with Crippen LogP contribution in [0, 0.1) is 4.77 Å². The zero-order chi connectivity index (χ0) is 14.8. The fourth-order valence-electron chi connectivity index (χ4n) is 1.71. The number of H-pyrrole nitrogens is 1. The Morgan fingerprint density at radius 3 is 2.67 bits per heavy atom. The minimum Gasteiger partial charge on any atom is -0.250 e. The first kappa shape index (κ1) is 14.5. The lowest BCUT2D eigenvalue weighted by atomic mass is 10.2. The van der Waals surface area contributed by atoms with Crippen LogP contribution in [0.5, 0.6) is 0 Å². The number of aromatic nitrogens is 3. The predicted molar refractivity (Wildman–Crippen MR) is 90.2 cm³/mol. The largest absolute Gasteiger partial charge is 0.250 e. The second-order valence-corrected chi connectivity index (χ2v) is 6.17. The molecule has 0 aliphatic heterocycles. The van der Waals surface area contributed by atoms with Gasteiger partial charge in [-0.15, -0.1) is 11.3 Å². The maximum Gasteiger partial charge on any atom is 0.216 e. The Morgan fingerprint density at radius 2 is 2.00 bits per heavy atom. The van der Waals surface area contributed by atoms with Crippen molar-refractivity contribution in [3.63, 3.8) is 0 Å². The summed E-state index contributed by atoms with van der Waals surface area (Å²) in [6.07, 6.45) is 1.58. The predicted octanol–water partition coefficient (Wildman–Crippen LogP) is 4.86. The molecular weight excluding hydrogens is 347 g/mol. The summed E-state index contributed by atoms with van der Waals surface area (Å²) < 4.78 is 1.94. The highest BCUT2D eigenvalue weighted by atomic mass is 35.5. The molecule has 0 aliphatic carbocycles. The zero-order valence-corrected chi connectivity index (χ0v) is 13.6. The number of benzene rings is 1. The van der Waals surface area contributed by atoms with E-state index in [1.54, 1.807) is 40.4 Å². The second kappa shape index (κ2) is 6.11. The molecule has 0 fully saturated rings. The van der Waals surface area contributed by atoms with Crippen molar-refractivity contribution in [2.24, 2.45) is 5.10 Å². The van der Waals surface area contributed by atoms with Gasteiger partial charge in [0.1, 0.15) is 0 Å². The van der Waals surface area contributed by atoms with Crippen LogP contribution in [0.4, 0.5) is 0 Å². The second-order valence-electron chi connectivity index (χ2n) is 4.02. The fourth-order valence-corrected chi connectivity index (χ4v) is 3.09. The Hall–Kier alpha value is -1.47. The van der Waals surface area contributed by atoms with Crippen molar-refractivity contribution in [3.8, 4) is 10.7 Å². The van der Waals surface area contributed by atoms with E-state index < -0.39 is 0 Å². The van der Waals surface area contributed by atoms with Crippen LogP contribution in [-0.2, 0) is 0 Å². The summed E-state index contributed by atoms with van der Waals surface area (Å²) >= 11 is 19.0. The molecular formula is C13H8Cl2N4S2. The minimum atomic E-state index is 0.401. The van der Waals surface area contributed by atoms with Crippen molar-refractivity contribution in [2.45, 2.75) is 0 Å². The van der Waals surface area contributed by atoms with E-state index in [2.05, 4.69) is 15.3 Å². The number of nitrogens with zero attached hydrogens (tertiary/aromatic N) is 3. The van der Waals surface area contributed by atoms with E-state index in [1.807, 2.05) is 17.5 Å². The number of hydrogen-bond donors (Lipinski definition) is 1. The third-order valence-corrected chi connectivity index (χ3v) is 4.48. The van der Waals surface area contributed by atoms with E-state index in [0.29, 0.717) is 26.2 Å². The SMILES string of the molecule is S=c1[nH]nc(-c2cccs2)n1/N=C/c1c(Cl)cccc1Cl. The smallest absolute Gasteiger partial charge is 0.216 e. The molecule has 2 heterocycles. The van der Waals surface area contributed by atoms with Gasteiger partial charge < -0.3 is 0 Å². The average molecular weight is 355 g/mol. The molecule has 0 amide bonds. The Labute approximate surface area is 139 Å². The summed E-state index contributed by atoms with van der Waals surface area (Å²) in [5.41, 5.74) is 0.640. The maximum atomic E-state index is 6.12. The topological polar surface area (TPSA) is 46.0 Å². The van der Waals surface area contributed by atoms with Gasteiger partial charge in [-0.2, -0.15) is 14.9 Å². The fraction of sp³-hybridized carbons (Fsp3) is 0. The molecule has 21 heavy (non-hydrogen) atoms. The van der Waals surface area contributed by atoms with Gasteiger partial charge in [-0.3, -0.25) is 0 Å². The lowest BCUT2D eigenvalue weighted by molar-refractivity contribution is 0.873. The zero-order valence-electron chi connectivity index (χ0n) is 10.5. The minimum absolute atomic E-state index is 0.401. The molecule has 106 valence electrons. The van der Waals surface area contributed by atoms with Crippen LogP contribution >= 0.6 is 46.8 Å². The number of thiophene rings is 1. The molecule has 0 saturated carbocycles. The van der Waals surface area contributed by atoms with Crippen LogP contribution in [0.3, 0.4) is 0 Å². The van der Waals surface area contributed by atoms with E-state index in [0.717, 1.165) is 4.88 Å². The van der Waals surface area contributed by atoms with Gasteiger partial charge in [0.15, 0.2) is 5.82 Å². The molecule has 0 aliphatic rings. The van der Waals surface area contributed by atoms with Gasteiger partial charge in [-0.25, -0.2) is 5.10 Å². The summed E-state index contributed by atoms with van der Waals surface area (Å²) in [4.78, 5) is 0.963. The molecule has 0 atom stereocenters. The van der Waals surface area contributed by atoms with Gasteiger partial charge in [-0.1, -0.05) is 35.3 Å². The number of nitrogens with one attached hydrogen (secondary N) is 1. The molecule has 2 aromatic heterocycles. The van der Waals surface area contributed by atoms with E-state index in [-0.39, 0.29) is 0 Å². The van der Waals surface area contributed by atoms with Crippen molar-refractivity contribution in [3.05, 3.63) is 56.1 Å². The highest BCUT2D eigenvalue weighted by Crippen LogP contribution is 2.24. The molecule has 0 spiro atoms. The van der Waals surface area contributed by atoms with E-state index in [1.165, 1.54) is 0 Å².